The average Bonchev–Trinajstić information content (AvgIpc) is 2.39. The number of carbonyl (C=O) groups excluding carboxylic acids is 1. The number of aliphatic hydroxyl groups excluding tert-OH is 1. The molecule has 1 aromatic carbocycles. The Hall–Kier alpha value is -1.43. The van der Waals surface area contributed by atoms with Gasteiger partial charge < -0.3 is 20.9 Å². The van der Waals surface area contributed by atoms with Crippen molar-refractivity contribution in [2.75, 3.05) is 26.4 Å². The second-order valence-corrected chi connectivity index (χ2v) is 3.84. The maximum Gasteiger partial charge on any atom is 0.224 e. The lowest BCUT2D eigenvalue weighted by Gasteiger charge is -2.08. The summed E-state index contributed by atoms with van der Waals surface area (Å²) in [4.78, 5) is 11.7. The summed E-state index contributed by atoms with van der Waals surface area (Å²) in [7, 11) is 0. The van der Waals surface area contributed by atoms with Crippen LogP contribution in [0.1, 0.15) is 11.1 Å². The average molecular weight is 252 g/mol. The Morgan fingerprint density at radius 3 is 2.67 bits per heavy atom. The van der Waals surface area contributed by atoms with Crippen molar-refractivity contribution in [2.24, 2.45) is 5.73 Å². The first-order chi connectivity index (χ1) is 8.77. The van der Waals surface area contributed by atoms with Gasteiger partial charge in [-0.15, -0.1) is 0 Å². The highest BCUT2D eigenvalue weighted by atomic mass is 16.5. The smallest absolute Gasteiger partial charge is 0.224 e. The number of hydrogen-bond donors (Lipinski definition) is 3. The monoisotopic (exact) mass is 252 g/mol. The molecule has 0 fully saturated rings. The molecule has 0 unspecified atom stereocenters. The lowest BCUT2D eigenvalue weighted by Crippen LogP contribution is -2.29. The SMILES string of the molecule is NCc1ccccc1CC(=O)NCCOCCO. The van der Waals surface area contributed by atoms with Gasteiger partial charge in [-0.3, -0.25) is 4.79 Å². The van der Waals surface area contributed by atoms with Gasteiger partial charge in [0, 0.05) is 13.1 Å². The highest BCUT2D eigenvalue weighted by Gasteiger charge is 2.06. The molecule has 0 bridgehead atoms. The summed E-state index contributed by atoms with van der Waals surface area (Å²) < 4.78 is 5.04. The van der Waals surface area contributed by atoms with Crippen molar-refractivity contribution in [3.05, 3.63) is 35.4 Å². The zero-order valence-electron chi connectivity index (χ0n) is 10.4. The van der Waals surface area contributed by atoms with E-state index in [-0.39, 0.29) is 12.5 Å². The Morgan fingerprint density at radius 2 is 2.00 bits per heavy atom. The summed E-state index contributed by atoms with van der Waals surface area (Å²) in [6.45, 7) is 1.58. The summed E-state index contributed by atoms with van der Waals surface area (Å²) in [5, 5.41) is 11.3. The molecule has 1 rings (SSSR count). The fourth-order valence-electron chi connectivity index (χ4n) is 1.59. The number of amides is 1. The molecule has 0 heterocycles. The Balaban J connectivity index is 2.31. The molecule has 0 atom stereocenters. The Kier molecular flexibility index (Phi) is 7.01. The van der Waals surface area contributed by atoms with Crippen LogP contribution in [0.3, 0.4) is 0 Å². The summed E-state index contributed by atoms with van der Waals surface area (Å²) in [6.07, 6.45) is 0.327. The van der Waals surface area contributed by atoms with Gasteiger partial charge in [0.1, 0.15) is 0 Å². The lowest BCUT2D eigenvalue weighted by molar-refractivity contribution is -0.120. The number of nitrogens with one attached hydrogen (secondary N) is 1. The molecular weight excluding hydrogens is 232 g/mol. The number of aliphatic hydroxyl groups is 1. The maximum atomic E-state index is 11.7. The van der Waals surface area contributed by atoms with E-state index >= 15 is 0 Å². The van der Waals surface area contributed by atoms with E-state index in [0.29, 0.717) is 32.7 Å². The van der Waals surface area contributed by atoms with Gasteiger partial charge in [0.25, 0.3) is 0 Å². The zero-order chi connectivity index (χ0) is 13.2. The molecule has 1 amide bonds. The number of ether oxygens (including phenoxy) is 1. The van der Waals surface area contributed by atoms with Crippen LogP contribution in [0.25, 0.3) is 0 Å². The van der Waals surface area contributed by atoms with Crippen LogP contribution in [0.2, 0.25) is 0 Å². The van der Waals surface area contributed by atoms with E-state index in [1.807, 2.05) is 24.3 Å². The van der Waals surface area contributed by atoms with E-state index < -0.39 is 0 Å². The van der Waals surface area contributed by atoms with Gasteiger partial charge in [0.05, 0.1) is 26.2 Å². The Bertz CT molecular complexity index is 369. The third kappa shape index (κ3) is 5.27. The standard InChI is InChI=1S/C13H20N2O3/c14-10-12-4-2-1-3-11(12)9-13(17)15-5-7-18-8-6-16/h1-4,16H,5-10,14H2,(H,15,17). The van der Waals surface area contributed by atoms with Crippen molar-refractivity contribution in [1.82, 2.24) is 5.32 Å². The van der Waals surface area contributed by atoms with E-state index in [0.717, 1.165) is 11.1 Å². The van der Waals surface area contributed by atoms with Crippen molar-refractivity contribution in [1.29, 1.82) is 0 Å². The fourth-order valence-corrected chi connectivity index (χ4v) is 1.59. The molecule has 4 N–H and O–H groups in total. The summed E-state index contributed by atoms with van der Waals surface area (Å²) >= 11 is 0. The van der Waals surface area contributed by atoms with Crippen LogP contribution in [0.4, 0.5) is 0 Å². The largest absolute Gasteiger partial charge is 0.394 e. The molecule has 1 aromatic rings. The molecule has 100 valence electrons. The van der Waals surface area contributed by atoms with Crippen molar-refractivity contribution in [3.63, 3.8) is 0 Å². The van der Waals surface area contributed by atoms with E-state index in [2.05, 4.69) is 5.32 Å². The molecule has 0 aliphatic rings. The molecule has 5 heteroatoms. The van der Waals surface area contributed by atoms with Gasteiger partial charge in [-0.05, 0) is 11.1 Å². The minimum atomic E-state index is -0.0523. The maximum absolute atomic E-state index is 11.7. The van der Waals surface area contributed by atoms with Crippen LogP contribution < -0.4 is 11.1 Å². The number of rotatable bonds is 8. The van der Waals surface area contributed by atoms with Gasteiger partial charge in [-0.1, -0.05) is 24.3 Å². The topological polar surface area (TPSA) is 84.6 Å². The molecule has 5 nitrogen and oxygen atoms in total. The second kappa shape index (κ2) is 8.63. The van der Waals surface area contributed by atoms with E-state index in [9.17, 15) is 4.79 Å². The first kappa shape index (κ1) is 14.6. The molecule has 0 aromatic heterocycles. The number of nitrogens with two attached hydrogens (primary N) is 1. The molecule has 0 aliphatic carbocycles. The van der Waals surface area contributed by atoms with Crippen LogP contribution in [-0.4, -0.2) is 37.4 Å². The normalized spacial score (nSPS) is 10.3. The first-order valence-electron chi connectivity index (χ1n) is 6.00. The molecular formula is C13H20N2O3. The predicted molar refractivity (Wildman–Crippen MR) is 69.0 cm³/mol. The Labute approximate surface area is 107 Å². The van der Waals surface area contributed by atoms with Crippen LogP contribution >= 0.6 is 0 Å². The van der Waals surface area contributed by atoms with Gasteiger partial charge >= 0.3 is 0 Å². The number of benzene rings is 1. The minimum absolute atomic E-state index is 0.00216. The fraction of sp³-hybridized carbons (Fsp3) is 0.462. The van der Waals surface area contributed by atoms with E-state index in [4.69, 9.17) is 15.6 Å². The molecule has 0 radical (unpaired) electrons. The van der Waals surface area contributed by atoms with Gasteiger partial charge in [-0.2, -0.15) is 0 Å². The van der Waals surface area contributed by atoms with Gasteiger partial charge in [0.15, 0.2) is 0 Å². The summed E-state index contributed by atoms with van der Waals surface area (Å²) in [5.74, 6) is -0.0523. The van der Waals surface area contributed by atoms with Crippen molar-refractivity contribution >= 4 is 5.91 Å². The van der Waals surface area contributed by atoms with Crippen LogP contribution in [0.15, 0.2) is 24.3 Å². The van der Waals surface area contributed by atoms with Crippen molar-refractivity contribution in [2.45, 2.75) is 13.0 Å². The van der Waals surface area contributed by atoms with Crippen molar-refractivity contribution in [3.8, 4) is 0 Å². The highest BCUT2D eigenvalue weighted by Crippen LogP contribution is 2.08. The number of carbonyl (C=O) groups is 1. The zero-order valence-corrected chi connectivity index (χ0v) is 10.4. The second-order valence-electron chi connectivity index (χ2n) is 3.84. The molecule has 0 aliphatic heterocycles. The third-order valence-corrected chi connectivity index (χ3v) is 2.49. The molecule has 0 saturated heterocycles. The van der Waals surface area contributed by atoms with Crippen LogP contribution in [0.5, 0.6) is 0 Å². The van der Waals surface area contributed by atoms with Gasteiger partial charge in [0.2, 0.25) is 5.91 Å². The first-order valence-corrected chi connectivity index (χ1v) is 6.00. The number of hydrogen-bond acceptors (Lipinski definition) is 4. The highest BCUT2D eigenvalue weighted by molar-refractivity contribution is 5.78. The summed E-state index contributed by atoms with van der Waals surface area (Å²) in [6, 6.07) is 7.63. The summed E-state index contributed by atoms with van der Waals surface area (Å²) in [5.41, 5.74) is 7.55. The van der Waals surface area contributed by atoms with Crippen LogP contribution in [-0.2, 0) is 22.5 Å². The third-order valence-electron chi connectivity index (χ3n) is 2.49. The molecule has 0 saturated carbocycles. The Morgan fingerprint density at radius 1 is 1.28 bits per heavy atom. The molecule has 0 spiro atoms. The lowest BCUT2D eigenvalue weighted by atomic mass is 10.0. The minimum Gasteiger partial charge on any atom is -0.394 e. The van der Waals surface area contributed by atoms with Crippen LogP contribution in [0, 0.1) is 0 Å². The van der Waals surface area contributed by atoms with Crippen molar-refractivity contribution < 1.29 is 14.6 Å². The molecule has 18 heavy (non-hydrogen) atoms. The van der Waals surface area contributed by atoms with E-state index in [1.165, 1.54) is 0 Å². The predicted octanol–water partition coefficient (Wildman–Crippen LogP) is -0.187. The van der Waals surface area contributed by atoms with Gasteiger partial charge in [-0.25, -0.2) is 0 Å². The quantitative estimate of drug-likeness (QED) is 0.560. The van der Waals surface area contributed by atoms with E-state index in [1.54, 1.807) is 0 Å².